The van der Waals surface area contributed by atoms with Gasteiger partial charge in [0.15, 0.2) is 0 Å². The van der Waals surface area contributed by atoms with Gasteiger partial charge in [-0.15, -0.1) is 0 Å². The molecule has 0 saturated heterocycles. The van der Waals surface area contributed by atoms with E-state index in [1.165, 1.54) is 6.07 Å². The summed E-state index contributed by atoms with van der Waals surface area (Å²) in [6.07, 6.45) is -0.672. The van der Waals surface area contributed by atoms with Crippen LogP contribution in [-0.2, 0) is 16.1 Å². The number of rotatable bonds is 6. The molecule has 0 saturated carbocycles. The molecule has 3 N–H and O–H groups in total. The Hall–Kier alpha value is -2.77. The van der Waals surface area contributed by atoms with Gasteiger partial charge in [0.1, 0.15) is 12.1 Å². The van der Waals surface area contributed by atoms with Gasteiger partial charge in [0, 0.05) is 17.3 Å². The van der Waals surface area contributed by atoms with Crippen LogP contribution in [0.2, 0.25) is 10.0 Å². The zero-order valence-electron chi connectivity index (χ0n) is 16.8. The van der Waals surface area contributed by atoms with E-state index in [-0.39, 0.29) is 24.6 Å². The van der Waals surface area contributed by atoms with Crippen molar-refractivity contribution in [3.63, 3.8) is 0 Å². The van der Waals surface area contributed by atoms with E-state index in [4.69, 9.17) is 27.9 Å². The van der Waals surface area contributed by atoms with E-state index in [9.17, 15) is 14.4 Å². The quantitative estimate of drug-likeness (QED) is 0.606. The Morgan fingerprint density at radius 3 is 2.43 bits per heavy atom. The Balaban J connectivity index is 1.88. The Morgan fingerprint density at radius 2 is 1.73 bits per heavy atom. The highest BCUT2D eigenvalue weighted by Crippen LogP contribution is 2.20. The first kappa shape index (κ1) is 23.5. The number of alkyl carbamates (subject to hydrolysis) is 1. The molecule has 2 aromatic rings. The normalized spacial score (nSPS) is 10.8. The van der Waals surface area contributed by atoms with Crippen molar-refractivity contribution in [3.05, 3.63) is 63.6 Å². The summed E-state index contributed by atoms with van der Waals surface area (Å²) < 4.78 is 5.08. The summed E-state index contributed by atoms with van der Waals surface area (Å²) in [5.41, 5.74) is 0.925. The topological polar surface area (TPSA) is 96.5 Å². The molecule has 0 unspecified atom stereocenters. The van der Waals surface area contributed by atoms with E-state index in [1.807, 2.05) is 0 Å². The van der Waals surface area contributed by atoms with Gasteiger partial charge in [0.2, 0.25) is 5.91 Å². The number of benzene rings is 2. The molecule has 0 fully saturated rings. The molecule has 9 heteroatoms. The molecule has 2 rings (SSSR count). The van der Waals surface area contributed by atoms with Gasteiger partial charge in [-0.2, -0.15) is 0 Å². The second-order valence-electron chi connectivity index (χ2n) is 7.41. The largest absolute Gasteiger partial charge is 0.444 e. The molecule has 0 spiro atoms. The Bertz CT molecular complexity index is 942. The van der Waals surface area contributed by atoms with Crippen LogP contribution < -0.4 is 16.0 Å². The fourth-order valence-corrected chi connectivity index (χ4v) is 2.76. The van der Waals surface area contributed by atoms with Crippen molar-refractivity contribution in [2.24, 2.45) is 0 Å². The molecular weight excluding hydrogens is 429 g/mol. The maximum Gasteiger partial charge on any atom is 0.408 e. The van der Waals surface area contributed by atoms with Crippen LogP contribution in [0.4, 0.5) is 10.5 Å². The number of anilines is 1. The van der Waals surface area contributed by atoms with Gasteiger partial charge in [0.25, 0.3) is 5.91 Å². The number of hydrogen-bond acceptors (Lipinski definition) is 4. The smallest absolute Gasteiger partial charge is 0.408 e. The standard InChI is InChI=1S/C21H23Cl2N3O4/c1-21(2,3)30-20(29)25-12-18(27)26-15-6-4-5-13(9-15)11-24-19(28)16-10-14(22)7-8-17(16)23/h4-10H,11-12H2,1-3H3,(H,24,28)(H,25,29)(H,26,27). The number of ether oxygens (including phenoxy) is 1. The minimum atomic E-state index is -0.672. The zero-order valence-corrected chi connectivity index (χ0v) is 18.4. The number of hydrogen-bond donors (Lipinski definition) is 3. The van der Waals surface area contributed by atoms with Crippen molar-refractivity contribution in [3.8, 4) is 0 Å². The number of carbonyl (C=O) groups excluding carboxylic acids is 3. The molecule has 0 aliphatic carbocycles. The summed E-state index contributed by atoms with van der Waals surface area (Å²) >= 11 is 11.9. The van der Waals surface area contributed by atoms with Gasteiger partial charge in [-0.05, 0) is 56.7 Å². The lowest BCUT2D eigenvalue weighted by molar-refractivity contribution is -0.115. The molecule has 30 heavy (non-hydrogen) atoms. The summed E-state index contributed by atoms with van der Waals surface area (Å²) in [4.78, 5) is 36.0. The number of nitrogens with one attached hydrogen (secondary N) is 3. The van der Waals surface area contributed by atoms with Gasteiger partial charge in [0.05, 0.1) is 10.6 Å². The molecule has 0 heterocycles. The van der Waals surface area contributed by atoms with Gasteiger partial charge in [-0.1, -0.05) is 35.3 Å². The number of amides is 3. The summed E-state index contributed by atoms with van der Waals surface area (Å²) in [6, 6.07) is 11.6. The first-order chi connectivity index (χ1) is 14.0. The third-order valence-corrected chi connectivity index (χ3v) is 4.19. The highest BCUT2D eigenvalue weighted by Gasteiger charge is 2.16. The molecular formula is C21H23Cl2N3O4. The lowest BCUT2D eigenvalue weighted by Gasteiger charge is -2.19. The van der Waals surface area contributed by atoms with Crippen LogP contribution in [0.3, 0.4) is 0 Å². The predicted molar refractivity (Wildman–Crippen MR) is 117 cm³/mol. The molecule has 0 aliphatic heterocycles. The van der Waals surface area contributed by atoms with Gasteiger partial charge in [-0.25, -0.2) is 4.79 Å². The summed E-state index contributed by atoms with van der Waals surface area (Å²) in [5, 5.41) is 8.53. The first-order valence-corrected chi connectivity index (χ1v) is 9.88. The molecule has 160 valence electrons. The van der Waals surface area contributed by atoms with E-state index < -0.39 is 17.6 Å². The number of halogens is 2. The lowest BCUT2D eigenvalue weighted by atomic mass is 10.1. The maximum absolute atomic E-state index is 12.3. The van der Waals surface area contributed by atoms with Crippen LogP contribution >= 0.6 is 23.2 Å². The van der Waals surface area contributed by atoms with Gasteiger partial charge >= 0.3 is 6.09 Å². The molecule has 3 amide bonds. The highest BCUT2D eigenvalue weighted by molar-refractivity contribution is 6.35. The SMILES string of the molecule is CC(C)(C)OC(=O)NCC(=O)Nc1cccc(CNC(=O)c2cc(Cl)ccc2Cl)c1. The average molecular weight is 452 g/mol. The van der Waals surface area contributed by atoms with Crippen molar-refractivity contribution in [2.75, 3.05) is 11.9 Å². The van der Waals surface area contributed by atoms with E-state index >= 15 is 0 Å². The molecule has 0 atom stereocenters. The van der Waals surface area contributed by atoms with Crippen LogP contribution in [0.25, 0.3) is 0 Å². The highest BCUT2D eigenvalue weighted by atomic mass is 35.5. The molecule has 7 nitrogen and oxygen atoms in total. The molecule has 2 aromatic carbocycles. The zero-order chi connectivity index (χ0) is 22.3. The molecule has 0 aromatic heterocycles. The third-order valence-electron chi connectivity index (χ3n) is 3.63. The van der Waals surface area contributed by atoms with E-state index in [2.05, 4.69) is 16.0 Å². The van der Waals surface area contributed by atoms with E-state index in [1.54, 1.807) is 57.2 Å². The average Bonchev–Trinajstić information content (AvgIpc) is 2.65. The van der Waals surface area contributed by atoms with Crippen molar-refractivity contribution in [1.82, 2.24) is 10.6 Å². The van der Waals surface area contributed by atoms with Crippen molar-refractivity contribution in [2.45, 2.75) is 32.9 Å². The summed E-state index contributed by atoms with van der Waals surface area (Å²) in [7, 11) is 0. The Labute approximate surface area is 185 Å². The van der Waals surface area contributed by atoms with Crippen LogP contribution in [0.5, 0.6) is 0 Å². The van der Waals surface area contributed by atoms with Crippen molar-refractivity contribution < 1.29 is 19.1 Å². The second-order valence-corrected chi connectivity index (χ2v) is 8.25. The van der Waals surface area contributed by atoms with Crippen molar-refractivity contribution >= 4 is 46.8 Å². The molecule has 0 bridgehead atoms. The predicted octanol–water partition coefficient (Wildman–Crippen LogP) is 4.39. The first-order valence-electron chi connectivity index (χ1n) is 9.12. The fraction of sp³-hybridized carbons (Fsp3) is 0.286. The van der Waals surface area contributed by atoms with Gasteiger partial charge < -0.3 is 20.7 Å². The summed E-state index contributed by atoms with van der Waals surface area (Å²) in [6.45, 7) is 5.19. The third kappa shape index (κ3) is 7.93. The molecule has 0 aliphatic rings. The monoisotopic (exact) mass is 451 g/mol. The van der Waals surface area contributed by atoms with Crippen LogP contribution in [0.15, 0.2) is 42.5 Å². The second kappa shape index (κ2) is 10.3. The Morgan fingerprint density at radius 1 is 1.00 bits per heavy atom. The van der Waals surface area contributed by atoms with E-state index in [0.29, 0.717) is 15.7 Å². The number of carbonyl (C=O) groups is 3. The van der Waals surface area contributed by atoms with Gasteiger partial charge in [-0.3, -0.25) is 9.59 Å². The van der Waals surface area contributed by atoms with Crippen LogP contribution in [0, 0.1) is 0 Å². The fourth-order valence-electron chi connectivity index (χ4n) is 2.38. The maximum atomic E-state index is 12.3. The van der Waals surface area contributed by atoms with Crippen molar-refractivity contribution in [1.29, 1.82) is 0 Å². The lowest BCUT2D eigenvalue weighted by Crippen LogP contribution is -2.37. The summed E-state index contributed by atoms with van der Waals surface area (Å²) in [5.74, 6) is -0.772. The minimum absolute atomic E-state index is 0.224. The molecule has 0 radical (unpaired) electrons. The van der Waals surface area contributed by atoms with E-state index in [0.717, 1.165) is 5.56 Å². The minimum Gasteiger partial charge on any atom is -0.444 e. The Kier molecular flexibility index (Phi) is 8.08. The van der Waals surface area contributed by atoms with Crippen LogP contribution in [0.1, 0.15) is 36.7 Å². The van der Waals surface area contributed by atoms with Crippen LogP contribution in [-0.4, -0.2) is 30.1 Å².